The Labute approximate surface area is 57.7 Å². The number of quaternary nitrogens is 1. The van der Waals surface area contributed by atoms with Crippen LogP contribution in [0.3, 0.4) is 0 Å². The lowest BCUT2D eigenvalue weighted by molar-refractivity contribution is -0.597. The maximum atomic E-state index is 8.06. The van der Waals surface area contributed by atoms with Gasteiger partial charge in [-0.3, -0.25) is 0 Å². The van der Waals surface area contributed by atoms with Crippen molar-refractivity contribution in [2.24, 2.45) is 0 Å². The molecule has 2 nitrogen and oxygen atoms in total. The van der Waals surface area contributed by atoms with Gasteiger partial charge in [-0.15, -0.1) is 0 Å². The Kier molecular flexibility index (Phi) is 30.8. The minimum Gasteiger partial charge on any atom is -1.00 e. The average molecular weight is 142 g/mol. The maximum absolute atomic E-state index is 8.06. The van der Waals surface area contributed by atoms with Crippen LogP contribution < -0.4 is 17.7 Å². The van der Waals surface area contributed by atoms with Gasteiger partial charge in [-0.2, -0.15) is 0 Å². The summed E-state index contributed by atoms with van der Waals surface area (Å²) in [6.45, 7) is 3.44. The molecule has 8 heavy (non-hydrogen) atoms. The van der Waals surface area contributed by atoms with Crippen molar-refractivity contribution in [2.75, 3.05) is 14.1 Å². The Balaban J connectivity index is -0.0000000575. The van der Waals surface area contributed by atoms with Crippen molar-refractivity contribution in [1.82, 2.24) is 0 Å². The average Bonchev–Trinajstić information content (AvgIpc) is 1.33. The quantitative estimate of drug-likeness (QED) is 0.357. The molecule has 0 saturated heterocycles. The lowest BCUT2D eigenvalue weighted by Gasteiger charge is -1.80. The predicted octanol–water partition coefficient (Wildman–Crippen LogP) is -3.80. The molecule has 0 aromatic carbocycles. The normalized spacial score (nSPS) is 6.75. The van der Waals surface area contributed by atoms with Crippen LogP contribution in [0.15, 0.2) is 0 Å². The largest absolute Gasteiger partial charge is 1.00 e. The highest BCUT2D eigenvalue weighted by Crippen LogP contribution is 1.65. The zero-order chi connectivity index (χ0) is 6.28. The smallest absolute Gasteiger partial charge is 0.0647 e. The van der Waals surface area contributed by atoms with Crippen LogP contribution in [0.4, 0.5) is 0 Å². The molecule has 0 unspecified atom stereocenters. The molecule has 3 heteroatoms. The second-order valence-electron chi connectivity index (χ2n) is 1.67. The van der Waals surface area contributed by atoms with Gasteiger partial charge in [-0.05, 0) is 13.8 Å². The summed E-state index contributed by atoms with van der Waals surface area (Å²) in [4.78, 5) is 0. The number of aliphatic hydroxyl groups is 1. The van der Waals surface area contributed by atoms with E-state index >= 15 is 0 Å². The van der Waals surface area contributed by atoms with Crippen LogP contribution in [0.2, 0.25) is 0 Å². The number of rotatable bonds is 0. The van der Waals surface area contributed by atoms with Gasteiger partial charge in [0.15, 0.2) is 0 Å². The molecule has 0 atom stereocenters. The Morgan fingerprint density at radius 2 is 1.25 bits per heavy atom. The predicted molar refractivity (Wildman–Crippen MR) is 31.1 cm³/mol. The fraction of sp³-hybridized carbons (Fsp3) is 1.00. The molecule has 0 aromatic heterocycles. The first kappa shape index (κ1) is 15.7. The van der Waals surface area contributed by atoms with Crippen molar-refractivity contribution >= 4 is 0 Å². The van der Waals surface area contributed by atoms with Crippen molar-refractivity contribution in [3.63, 3.8) is 0 Å². The second-order valence-corrected chi connectivity index (χ2v) is 1.67. The number of aliphatic hydroxyl groups excluding tert-OH is 1. The van der Waals surface area contributed by atoms with Gasteiger partial charge in [0.2, 0.25) is 0 Å². The fourth-order valence-corrected chi connectivity index (χ4v) is 0. The van der Waals surface area contributed by atoms with E-state index in [1.807, 2.05) is 19.4 Å². The number of halogens is 1. The molecule has 0 aromatic rings. The first-order valence-corrected chi connectivity index (χ1v) is 2.57. The molecular weight excluding hydrogens is 126 g/mol. The van der Waals surface area contributed by atoms with Gasteiger partial charge in [-0.25, -0.2) is 0 Å². The molecule has 0 fully saturated rings. The molecular formula is C5H16ClNO. The van der Waals surface area contributed by atoms with Gasteiger partial charge in [0.25, 0.3) is 0 Å². The van der Waals surface area contributed by atoms with E-state index in [4.69, 9.17) is 5.11 Å². The first-order chi connectivity index (χ1) is 3.15. The minimum absolute atomic E-state index is 0. The Bertz CT molecular complexity index is 23.6. The summed E-state index contributed by atoms with van der Waals surface area (Å²) in [5.41, 5.74) is 0. The lowest BCUT2D eigenvalue weighted by Crippen LogP contribution is -3.00. The first-order valence-electron chi connectivity index (χ1n) is 2.57. The highest BCUT2D eigenvalue weighted by atomic mass is 35.5. The molecule has 0 aliphatic rings. The molecule has 0 saturated carbocycles. The van der Waals surface area contributed by atoms with Gasteiger partial charge in [0, 0.05) is 6.10 Å². The fourth-order valence-electron chi connectivity index (χ4n) is 0. The SMILES string of the molecule is CC(C)O.C[NH2+]C.[Cl-]. The molecule has 0 heterocycles. The molecule has 3 N–H and O–H groups in total. The van der Waals surface area contributed by atoms with Crippen molar-refractivity contribution in [1.29, 1.82) is 0 Å². The summed E-state index contributed by atoms with van der Waals surface area (Å²) in [6, 6.07) is 0. The lowest BCUT2D eigenvalue weighted by atomic mass is 10.5. The molecule has 0 amide bonds. The summed E-state index contributed by atoms with van der Waals surface area (Å²) in [5, 5.41) is 10.1. The summed E-state index contributed by atoms with van der Waals surface area (Å²) in [5.74, 6) is 0. The van der Waals surface area contributed by atoms with Gasteiger partial charge in [0.1, 0.15) is 0 Å². The zero-order valence-electron chi connectivity index (χ0n) is 5.98. The Morgan fingerprint density at radius 1 is 1.25 bits per heavy atom. The van der Waals surface area contributed by atoms with E-state index in [1.165, 1.54) is 0 Å². The molecule has 0 bridgehead atoms. The van der Waals surface area contributed by atoms with Crippen LogP contribution in [0.1, 0.15) is 13.8 Å². The van der Waals surface area contributed by atoms with Gasteiger partial charge in [0.05, 0.1) is 14.1 Å². The molecule has 0 radical (unpaired) electrons. The van der Waals surface area contributed by atoms with E-state index in [1.54, 1.807) is 13.8 Å². The maximum Gasteiger partial charge on any atom is 0.0647 e. The third kappa shape index (κ3) is 3820. The monoisotopic (exact) mass is 141 g/mol. The van der Waals surface area contributed by atoms with E-state index in [9.17, 15) is 0 Å². The van der Waals surface area contributed by atoms with Gasteiger partial charge >= 0.3 is 0 Å². The topological polar surface area (TPSA) is 36.8 Å². The summed E-state index contributed by atoms with van der Waals surface area (Å²) >= 11 is 0. The molecule has 0 rings (SSSR count). The number of hydrogen-bond donors (Lipinski definition) is 2. The van der Waals surface area contributed by atoms with E-state index in [2.05, 4.69) is 0 Å². The second kappa shape index (κ2) is 15.7. The minimum atomic E-state index is -0.167. The third-order valence-corrected chi connectivity index (χ3v) is 0. The molecule has 0 spiro atoms. The van der Waals surface area contributed by atoms with Crippen LogP contribution in [-0.4, -0.2) is 25.3 Å². The molecule has 54 valence electrons. The summed E-state index contributed by atoms with van der Waals surface area (Å²) in [6.07, 6.45) is -0.167. The van der Waals surface area contributed by atoms with Gasteiger partial charge < -0.3 is 22.8 Å². The number of hydrogen-bond acceptors (Lipinski definition) is 1. The standard InChI is InChI=1S/C3H8O.C2H7N.ClH/c1-3(2)4;1-3-2;/h3-4H,1-2H3;3H,1-2H3;1H. The van der Waals surface area contributed by atoms with Crippen molar-refractivity contribution in [3.05, 3.63) is 0 Å². The summed E-state index contributed by atoms with van der Waals surface area (Å²) in [7, 11) is 4.00. The summed E-state index contributed by atoms with van der Waals surface area (Å²) < 4.78 is 0. The molecule has 0 aliphatic carbocycles. The van der Waals surface area contributed by atoms with E-state index < -0.39 is 0 Å². The van der Waals surface area contributed by atoms with Crippen molar-refractivity contribution in [2.45, 2.75) is 20.0 Å². The zero-order valence-corrected chi connectivity index (χ0v) is 6.74. The Morgan fingerprint density at radius 3 is 1.25 bits per heavy atom. The number of nitrogens with two attached hydrogens (primary N) is 1. The van der Waals surface area contributed by atoms with Crippen molar-refractivity contribution < 1.29 is 22.8 Å². The van der Waals surface area contributed by atoms with Crippen LogP contribution in [-0.2, 0) is 0 Å². The van der Waals surface area contributed by atoms with Crippen LogP contribution in [0.25, 0.3) is 0 Å². The van der Waals surface area contributed by atoms with E-state index in [0.29, 0.717) is 0 Å². The van der Waals surface area contributed by atoms with E-state index in [0.717, 1.165) is 0 Å². The highest BCUT2D eigenvalue weighted by Gasteiger charge is 1.69. The highest BCUT2D eigenvalue weighted by molar-refractivity contribution is 4.20. The van der Waals surface area contributed by atoms with Crippen LogP contribution in [0.5, 0.6) is 0 Å². The molecule has 0 aliphatic heterocycles. The third-order valence-electron chi connectivity index (χ3n) is 0. The van der Waals surface area contributed by atoms with Crippen molar-refractivity contribution in [3.8, 4) is 0 Å². The van der Waals surface area contributed by atoms with E-state index in [-0.39, 0.29) is 18.5 Å². The van der Waals surface area contributed by atoms with Crippen LogP contribution >= 0.6 is 0 Å². The van der Waals surface area contributed by atoms with Gasteiger partial charge in [-0.1, -0.05) is 0 Å². The Hall–Kier alpha value is 0.210. The van der Waals surface area contributed by atoms with Crippen LogP contribution in [0, 0.1) is 0 Å².